The summed E-state index contributed by atoms with van der Waals surface area (Å²) in [6, 6.07) is 56.5. The molecule has 0 N–H and O–H groups in total. The van der Waals surface area contributed by atoms with Gasteiger partial charge >= 0.3 is 0 Å². The van der Waals surface area contributed by atoms with E-state index in [1.165, 1.54) is 99.8 Å². The summed E-state index contributed by atoms with van der Waals surface area (Å²) in [6.07, 6.45) is 19.5. The van der Waals surface area contributed by atoms with Crippen molar-refractivity contribution in [3.8, 4) is 33.4 Å². The van der Waals surface area contributed by atoms with Crippen LogP contribution in [0.5, 0.6) is 0 Å². The topological polar surface area (TPSA) is 0 Å². The van der Waals surface area contributed by atoms with Crippen molar-refractivity contribution in [3.63, 3.8) is 0 Å². The number of aryl methyl sites for hydroxylation is 1. The van der Waals surface area contributed by atoms with E-state index in [9.17, 15) is 0 Å². The van der Waals surface area contributed by atoms with E-state index in [1.54, 1.807) is 0 Å². The Morgan fingerprint density at radius 2 is 1.02 bits per heavy atom. The SMILES string of the molecule is CC1=C(c2cc(-c3ccc4c(c3)-c3c(ccc5ccccc35)C43c4ccccc4-c4ccccc43)ccc2C)/C=C/C=C(c2ccccc2)\C=C/C=C/C=C\1. The Kier molecular flexibility index (Phi) is 7.93. The number of fused-ring (bicyclic) bond motifs is 12. The molecule has 0 heterocycles. The molecule has 0 radical (unpaired) electrons. The first-order valence-electron chi connectivity index (χ1n) is 19.3. The average molecular weight is 701 g/mol. The van der Waals surface area contributed by atoms with Crippen LogP contribution in [0, 0.1) is 6.92 Å². The van der Waals surface area contributed by atoms with Crippen LogP contribution in [0.3, 0.4) is 0 Å². The molecule has 7 aromatic rings. The molecule has 0 heteroatoms. The van der Waals surface area contributed by atoms with Crippen molar-refractivity contribution in [1.29, 1.82) is 0 Å². The van der Waals surface area contributed by atoms with E-state index >= 15 is 0 Å². The zero-order chi connectivity index (χ0) is 36.9. The Hall–Kier alpha value is -6.76. The predicted octanol–water partition coefficient (Wildman–Crippen LogP) is 14.3. The summed E-state index contributed by atoms with van der Waals surface area (Å²) in [5, 5.41) is 2.57. The first-order chi connectivity index (χ1) is 27.1. The molecular weight excluding hydrogens is 661 g/mol. The Morgan fingerprint density at radius 3 is 1.80 bits per heavy atom. The third kappa shape index (κ3) is 5.21. The van der Waals surface area contributed by atoms with Crippen LogP contribution in [0.15, 0.2) is 212 Å². The van der Waals surface area contributed by atoms with Gasteiger partial charge in [0.05, 0.1) is 5.41 Å². The van der Waals surface area contributed by atoms with E-state index < -0.39 is 0 Å². The molecule has 0 nitrogen and oxygen atoms in total. The normalized spacial score (nSPS) is 19.6. The minimum atomic E-state index is -0.374. The molecule has 0 unspecified atom stereocenters. The number of hydrogen-bond donors (Lipinski definition) is 0. The van der Waals surface area contributed by atoms with Crippen LogP contribution in [0.25, 0.3) is 55.3 Å². The lowest BCUT2D eigenvalue weighted by atomic mass is 9.70. The maximum Gasteiger partial charge on any atom is 0.0725 e. The van der Waals surface area contributed by atoms with Gasteiger partial charge in [0.2, 0.25) is 0 Å². The van der Waals surface area contributed by atoms with Gasteiger partial charge in [-0.3, -0.25) is 0 Å². The summed E-state index contributed by atoms with van der Waals surface area (Å²) in [6.45, 7) is 4.44. The highest BCUT2D eigenvalue weighted by molar-refractivity contribution is 6.06. The minimum Gasteiger partial charge on any atom is -0.0623 e. The lowest BCUT2D eigenvalue weighted by Gasteiger charge is -2.30. The van der Waals surface area contributed by atoms with Gasteiger partial charge < -0.3 is 0 Å². The van der Waals surface area contributed by atoms with E-state index in [4.69, 9.17) is 0 Å². The van der Waals surface area contributed by atoms with Gasteiger partial charge in [0, 0.05) is 0 Å². The van der Waals surface area contributed by atoms with Gasteiger partial charge in [0.25, 0.3) is 0 Å². The third-order valence-electron chi connectivity index (χ3n) is 11.9. The van der Waals surface area contributed by atoms with Gasteiger partial charge in [0.15, 0.2) is 0 Å². The lowest BCUT2D eigenvalue weighted by Crippen LogP contribution is -2.25. The molecule has 0 bridgehead atoms. The van der Waals surface area contributed by atoms with E-state index in [2.05, 4.69) is 220 Å². The molecule has 10 rings (SSSR count). The van der Waals surface area contributed by atoms with Crippen molar-refractivity contribution in [2.45, 2.75) is 19.3 Å². The van der Waals surface area contributed by atoms with Crippen molar-refractivity contribution in [2.75, 3.05) is 0 Å². The fourth-order valence-electron chi connectivity index (χ4n) is 9.32. The van der Waals surface area contributed by atoms with Crippen LogP contribution < -0.4 is 0 Å². The second-order valence-corrected chi connectivity index (χ2v) is 14.9. The molecule has 0 fully saturated rings. The predicted molar refractivity (Wildman–Crippen MR) is 234 cm³/mol. The van der Waals surface area contributed by atoms with Crippen LogP contribution >= 0.6 is 0 Å². The largest absolute Gasteiger partial charge is 0.0725 e. The smallest absolute Gasteiger partial charge is 0.0623 e. The number of hydrogen-bond acceptors (Lipinski definition) is 0. The lowest BCUT2D eigenvalue weighted by molar-refractivity contribution is 0.794. The Balaban J connectivity index is 1.15. The Labute approximate surface area is 324 Å². The second kappa shape index (κ2) is 13.3. The van der Waals surface area contributed by atoms with E-state index in [0.29, 0.717) is 0 Å². The van der Waals surface area contributed by atoms with Crippen molar-refractivity contribution in [2.24, 2.45) is 0 Å². The highest BCUT2D eigenvalue weighted by atomic mass is 14.5. The zero-order valence-corrected chi connectivity index (χ0v) is 31.1. The molecule has 0 saturated heterocycles. The summed E-state index contributed by atoms with van der Waals surface area (Å²) in [5.41, 5.74) is 20.2. The van der Waals surface area contributed by atoms with Crippen molar-refractivity contribution < 1.29 is 0 Å². The van der Waals surface area contributed by atoms with Crippen molar-refractivity contribution in [3.05, 3.63) is 251 Å². The maximum absolute atomic E-state index is 2.47. The molecule has 7 aromatic carbocycles. The quantitative estimate of drug-likeness (QED) is 0.172. The van der Waals surface area contributed by atoms with E-state index in [0.717, 1.165) is 0 Å². The summed E-state index contributed by atoms with van der Waals surface area (Å²) in [4.78, 5) is 0. The molecule has 0 amide bonds. The van der Waals surface area contributed by atoms with Crippen LogP contribution in [-0.2, 0) is 5.41 Å². The standard InChI is InChI=1S/C55H40/c1-37-17-6-3-4-7-18-40(39-19-8-5-9-20-39)22-16-26-44(37)48-35-42(30-29-38(48)2)43-32-33-52-49(36-43)54-45-23-11-10-21-41(45)31-34-53(54)55(52)50-27-14-12-24-46(50)47-25-13-15-28-51(47)55/h3-36H,1-2H3/b4-3+,6-3?,7-4?,17-6-,18-7-,22-16?,26-16+,37-17?,40-18?,40-22+,44-26?,44-37+. The first kappa shape index (κ1) is 32.9. The third-order valence-corrected chi connectivity index (χ3v) is 11.9. The molecule has 0 saturated carbocycles. The van der Waals surface area contributed by atoms with Crippen LogP contribution in [0.1, 0.15) is 45.9 Å². The summed E-state index contributed by atoms with van der Waals surface area (Å²) in [5.74, 6) is 0. The number of rotatable bonds is 3. The van der Waals surface area contributed by atoms with Gasteiger partial charge in [-0.05, 0) is 126 Å². The van der Waals surface area contributed by atoms with Gasteiger partial charge in [-0.1, -0.05) is 194 Å². The fourth-order valence-corrected chi connectivity index (χ4v) is 9.32. The van der Waals surface area contributed by atoms with Crippen LogP contribution in [0.4, 0.5) is 0 Å². The molecule has 3 aliphatic carbocycles. The van der Waals surface area contributed by atoms with Crippen LogP contribution in [0.2, 0.25) is 0 Å². The zero-order valence-electron chi connectivity index (χ0n) is 31.1. The molecule has 260 valence electrons. The molecule has 3 aliphatic rings. The Bertz CT molecular complexity index is 2820. The monoisotopic (exact) mass is 700 g/mol. The highest BCUT2D eigenvalue weighted by Crippen LogP contribution is 2.64. The molecule has 55 heavy (non-hydrogen) atoms. The van der Waals surface area contributed by atoms with Gasteiger partial charge in [-0.15, -0.1) is 0 Å². The molecule has 0 aromatic heterocycles. The average Bonchev–Trinajstić information content (AvgIpc) is 3.70. The van der Waals surface area contributed by atoms with E-state index in [-0.39, 0.29) is 5.41 Å². The summed E-state index contributed by atoms with van der Waals surface area (Å²) < 4.78 is 0. The highest BCUT2D eigenvalue weighted by Gasteiger charge is 2.51. The van der Waals surface area contributed by atoms with Gasteiger partial charge in [-0.25, -0.2) is 0 Å². The van der Waals surface area contributed by atoms with E-state index in [1.807, 2.05) is 0 Å². The molecular formula is C55H40. The van der Waals surface area contributed by atoms with Crippen LogP contribution in [-0.4, -0.2) is 0 Å². The minimum absolute atomic E-state index is 0.374. The summed E-state index contributed by atoms with van der Waals surface area (Å²) >= 11 is 0. The first-order valence-corrected chi connectivity index (χ1v) is 19.3. The fraction of sp³-hybridized carbons (Fsp3) is 0.0545. The van der Waals surface area contributed by atoms with Gasteiger partial charge in [0.1, 0.15) is 0 Å². The molecule has 0 aliphatic heterocycles. The Morgan fingerprint density at radius 1 is 0.400 bits per heavy atom. The number of benzene rings is 7. The second-order valence-electron chi connectivity index (χ2n) is 14.9. The van der Waals surface area contributed by atoms with Crippen molar-refractivity contribution >= 4 is 21.9 Å². The molecule has 1 spiro atoms. The maximum atomic E-state index is 2.47. The van der Waals surface area contributed by atoms with Crippen molar-refractivity contribution in [1.82, 2.24) is 0 Å². The number of allylic oxidation sites excluding steroid dienone is 12. The van der Waals surface area contributed by atoms with Gasteiger partial charge in [-0.2, -0.15) is 0 Å². The molecule has 0 atom stereocenters. The summed E-state index contributed by atoms with van der Waals surface area (Å²) in [7, 11) is 0.